The standard InChI is InChI=1S/C17H21N3OS3/c1-19(13-8-4-2-5-9-13)15(21)12-23-16-18-20(17(22)24-16)14-10-6-3-7-11-14/h3,6-7,10-11,13H,2,4-5,8-9,12H2,1H3. The zero-order chi connectivity index (χ0) is 16.9. The molecule has 0 N–H and O–H groups in total. The Kier molecular flexibility index (Phi) is 6.08. The molecule has 1 aliphatic rings. The summed E-state index contributed by atoms with van der Waals surface area (Å²) in [6, 6.07) is 10.3. The minimum Gasteiger partial charge on any atom is -0.342 e. The number of thioether (sulfide) groups is 1. The fraction of sp³-hybridized carbons (Fsp3) is 0.471. The van der Waals surface area contributed by atoms with Crippen LogP contribution < -0.4 is 0 Å². The van der Waals surface area contributed by atoms with E-state index in [1.165, 1.54) is 42.4 Å². The quantitative estimate of drug-likeness (QED) is 0.564. The van der Waals surface area contributed by atoms with Crippen molar-refractivity contribution in [1.82, 2.24) is 14.7 Å². The molecular formula is C17H21N3OS3. The summed E-state index contributed by atoms with van der Waals surface area (Å²) in [5.41, 5.74) is 0.955. The van der Waals surface area contributed by atoms with Crippen LogP contribution in [-0.2, 0) is 4.79 Å². The molecule has 24 heavy (non-hydrogen) atoms. The normalized spacial score (nSPS) is 15.4. The predicted molar refractivity (Wildman–Crippen MR) is 103 cm³/mol. The van der Waals surface area contributed by atoms with E-state index >= 15 is 0 Å². The Morgan fingerprint density at radius 2 is 2.04 bits per heavy atom. The Balaban J connectivity index is 1.60. The Bertz CT molecular complexity index is 735. The van der Waals surface area contributed by atoms with Gasteiger partial charge in [0, 0.05) is 13.1 Å². The lowest BCUT2D eigenvalue weighted by molar-refractivity contribution is -0.129. The molecule has 0 saturated heterocycles. The van der Waals surface area contributed by atoms with E-state index in [2.05, 4.69) is 5.10 Å². The van der Waals surface area contributed by atoms with E-state index in [1.54, 1.807) is 4.68 Å². The first-order valence-corrected chi connectivity index (χ1v) is 10.4. The molecule has 0 spiro atoms. The molecule has 1 aromatic heterocycles. The number of nitrogens with zero attached hydrogens (tertiary/aromatic N) is 3. The van der Waals surface area contributed by atoms with Gasteiger partial charge in [0.15, 0.2) is 8.29 Å². The molecule has 7 heteroatoms. The molecule has 0 unspecified atom stereocenters. The van der Waals surface area contributed by atoms with Gasteiger partial charge in [-0.25, -0.2) is 4.68 Å². The molecule has 4 nitrogen and oxygen atoms in total. The van der Waals surface area contributed by atoms with E-state index in [-0.39, 0.29) is 5.91 Å². The van der Waals surface area contributed by atoms with Crippen LogP contribution in [0.15, 0.2) is 34.7 Å². The summed E-state index contributed by atoms with van der Waals surface area (Å²) in [6.45, 7) is 0. The van der Waals surface area contributed by atoms with Gasteiger partial charge in [0.2, 0.25) is 5.91 Å². The van der Waals surface area contributed by atoms with Crippen molar-refractivity contribution in [2.75, 3.05) is 12.8 Å². The molecule has 3 rings (SSSR count). The Labute approximate surface area is 155 Å². The summed E-state index contributed by atoms with van der Waals surface area (Å²) in [5, 5.41) is 4.55. The van der Waals surface area contributed by atoms with Crippen LogP contribution in [-0.4, -0.2) is 39.4 Å². The number of carbonyl (C=O) groups excluding carboxylic acids is 1. The number of carbonyl (C=O) groups is 1. The number of para-hydroxylation sites is 1. The summed E-state index contributed by atoms with van der Waals surface area (Å²) in [4.78, 5) is 14.4. The average Bonchev–Trinajstić information content (AvgIpc) is 3.01. The maximum atomic E-state index is 12.4. The molecule has 128 valence electrons. The van der Waals surface area contributed by atoms with Crippen molar-refractivity contribution in [3.63, 3.8) is 0 Å². The van der Waals surface area contributed by atoms with E-state index in [0.29, 0.717) is 15.7 Å². The number of amides is 1. The minimum atomic E-state index is 0.180. The first kappa shape index (κ1) is 17.6. The third-order valence-electron chi connectivity index (χ3n) is 4.36. The third-order valence-corrected chi connectivity index (χ3v) is 6.72. The van der Waals surface area contributed by atoms with Crippen LogP contribution in [0.3, 0.4) is 0 Å². The second-order valence-electron chi connectivity index (χ2n) is 5.97. The Morgan fingerprint density at radius 1 is 1.33 bits per heavy atom. The van der Waals surface area contributed by atoms with Crippen LogP contribution in [0.25, 0.3) is 5.69 Å². The van der Waals surface area contributed by atoms with Crippen LogP contribution in [0.2, 0.25) is 0 Å². The van der Waals surface area contributed by atoms with Crippen molar-refractivity contribution in [3.05, 3.63) is 34.3 Å². The average molecular weight is 380 g/mol. The summed E-state index contributed by atoms with van der Waals surface area (Å²) in [6.07, 6.45) is 6.03. The fourth-order valence-corrected chi connectivity index (χ4v) is 5.23. The van der Waals surface area contributed by atoms with Gasteiger partial charge in [-0.15, -0.1) is 5.10 Å². The van der Waals surface area contributed by atoms with Crippen LogP contribution in [0.5, 0.6) is 0 Å². The number of rotatable bonds is 5. The van der Waals surface area contributed by atoms with Gasteiger partial charge < -0.3 is 4.90 Å². The van der Waals surface area contributed by atoms with Gasteiger partial charge in [-0.2, -0.15) is 0 Å². The number of hydrogen-bond donors (Lipinski definition) is 0. The first-order chi connectivity index (χ1) is 11.6. The highest BCUT2D eigenvalue weighted by Gasteiger charge is 2.22. The topological polar surface area (TPSA) is 38.1 Å². The van der Waals surface area contributed by atoms with Gasteiger partial charge in [0.25, 0.3) is 0 Å². The Morgan fingerprint density at radius 3 is 2.75 bits per heavy atom. The van der Waals surface area contributed by atoms with Gasteiger partial charge in [0.1, 0.15) is 0 Å². The zero-order valence-electron chi connectivity index (χ0n) is 13.7. The van der Waals surface area contributed by atoms with E-state index in [4.69, 9.17) is 12.2 Å². The number of hydrogen-bond acceptors (Lipinski definition) is 5. The molecule has 2 aromatic rings. The maximum Gasteiger partial charge on any atom is 0.233 e. The van der Waals surface area contributed by atoms with Crippen molar-refractivity contribution >= 4 is 41.2 Å². The zero-order valence-corrected chi connectivity index (χ0v) is 16.1. The number of aromatic nitrogens is 2. The van der Waals surface area contributed by atoms with Crippen LogP contribution in [0.4, 0.5) is 0 Å². The van der Waals surface area contributed by atoms with Gasteiger partial charge in [-0.05, 0) is 37.2 Å². The van der Waals surface area contributed by atoms with Gasteiger partial charge in [-0.1, -0.05) is 60.6 Å². The SMILES string of the molecule is CN(C(=O)CSc1nn(-c2ccccc2)c(=S)s1)C1CCCCC1. The van der Waals surface area contributed by atoms with Crippen molar-refractivity contribution in [3.8, 4) is 5.69 Å². The molecule has 1 aromatic carbocycles. The molecule has 0 atom stereocenters. The van der Waals surface area contributed by atoms with Crippen molar-refractivity contribution in [2.24, 2.45) is 0 Å². The highest BCUT2D eigenvalue weighted by molar-refractivity contribution is 8.01. The minimum absolute atomic E-state index is 0.180. The lowest BCUT2D eigenvalue weighted by Crippen LogP contribution is -2.39. The van der Waals surface area contributed by atoms with Crippen molar-refractivity contribution in [2.45, 2.75) is 42.5 Å². The molecule has 1 saturated carbocycles. The van der Waals surface area contributed by atoms with Crippen molar-refractivity contribution < 1.29 is 4.79 Å². The molecule has 1 heterocycles. The smallest absolute Gasteiger partial charge is 0.233 e. The fourth-order valence-electron chi connectivity index (χ4n) is 2.95. The number of benzene rings is 1. The molecular weight excluding hydrogens is 358 g/mol. The van der Waals surface area contributed by atoms with Crippen LogP contribution in [0, 0.1) is 3.95 Å². The van der Waals surface area contributed by atoms with Gasteiger partial charge >= 0.3 is 0 Å². The molecule has 0 bridgehead atoms. The highest BCUT2D eigenvalue weighted by Crippen LogP contribution is 2.26. The molecule has 0 radical (unpaired) electrons. The molecule has 1 aliphatic carbocycles. The first-order valence-electron chi connectivity index (χ1n) is 8.19. The molecule has 1 fully saturated rings. The maximum absolute atomic E-state index is 12.4. The van der Waals surface area contributed by atoms with E-state index in [1.807, 2.05) is 42.3 Å². The van der Waals surface area contributed by atoms with E-state index in [0.717, 1.165) is 22.9 Å². The lowest BCUT2D eigenvalue weighted by Gasteiger charge is -2.31. The second kappa shape index (κ2) is 8.27. The Hall–Kier alpha value is -1.18. The van der Waals surface area contributed by atoms with Gasteiger partial charge in [0.05, 0.1) is 11.4 Å². The second-order valence-corrected chi connectivity index (χ2v) is 8.81. The molecule has 0 aliphatic heterocycles. The van der Waals surface area contributed by atoms with Crippen LogP contribution in [0.1, 0.15) is 32.1 Å². The van der Waals surface area contributed by atoms with E-state index < -0.39 is 0 Å². The summed E-state index contributed by atoms with van der Waals surface area (Å²) in [7, 11) is 1.93. The predicted octanol–water partition coefficient (Wildman–Crippen LogP) is 4.55. The van der Waals surface area contributed by atoms with Crippen molar-refractivity contribution in [1.29, 1.82) is 0 Å². The monoisotopic (exact) mass is 379 g/mol. The largest absolute Gasteiger partial charge is 0.342 e. The summed E-state index contributed by atoms with van der Waals surface area (Å²) >= 11 is 8.34. The summed E-state index contributed by atoms with van der Waals surface area (Å²) < 4.78 is 3.31. The highest BCUT2D eigenvalue weighted by atomic mass is 32.2. The molecule has 1 amide bonds. The van der Waals surface area contributed by atoms with E-state index in [9.17, 15) is 4.79 Å². The summed E-state index contributed by atoms with van der Waals surface area (Å²) in [5.74, 6) is 0.601. The van der Waals surface area contributed by atoms with Gasteiger partial charge in [-0.3, -0.25) is 4.79 Å². The van der Waals surface area contributed by atoms with Crippen LogP contribution >= 0.6 is 35.3 Å². The lowest BCUT2D eigenvalue weighted by atomic mass is 9.94. The third kappa shape index (κ3) is 4.26.